The molecule has 1 aromatic heterocycles. The van der Waals surface area contributed by atoms with Gasteiger partial charge in [0.05, 0.1) is 5.69 Å². The molecular weight excluding hydrogens is 322 g/mol. The van der Waals surface area contributed by atoms with E-state index in [4.69, 9.17) is 4.99 Å². The molecule has 0 aliphatic rings. The van der Waals surface area contributed by atoms with E-state index in [1.165, 1.54) is 11.3 Å². The zero-order chi connectivity index (χ0) is 18.9. The average Bonchev–Trinajstić information content (AvgIpc) is 2.94. The van der Waals surface area contributed by atoms with Gasteiger partial charge in [0.1, 0.15) is 0 Å². The lowest BCUT2D eigenvalue weighted by Crippen LogP contribution is -2.39. The van der Waals surface area contributed by atoms with Crippen molar-refractivity contribution in [1.29, 1.82) is 0 Å². The van der Waals surface area contributed by atoms with Crippen LogP contribution in [0.3, 0.4) is 0 Å². The third-order valence-corrected chi connectivity index (χ3v) is 4.44. The van der Waals surface area contributed by atoms with Crippen LogP contribution in [0.5, 0.6) is 0 Å². The van der Waals surface area contributed by atoms with Crippen LogP contribution in [0.1, 0.15) is 43.6 Å². The first-order valence-corrected chi connectivity index (χ1v) is 9.57. The third kappa shape index (κ3) is 6.21. The number of aryl methyl sites for hydroxylation is 2. The first kappa shape index (κ1) is 20.0. The maximum Gasteiger partial charge on any atom is 0.191 e. The van der Waals surface area contributed by atoms with Gasteiger partial charge in [0, 0.05) is 31.9 Å². The van der Waals surface area contributed by atoms with E-state index in [9.17, 15) is 0 Å². The second kappa shape index (κ2) is 10.00. The van der Waals surface area contributed by atoms with E-state index in [2.05, 4.69) is 84.5 Å². The molecule has 0 bridgehead atoms. The number of aromatic nitrogens is 2. The van der Waals surface area contributed by atoms with E-state index in [-0.39, 0.29) is 0 Å². The van der Waals surface area contributed by atoms with Crippen molar-refractivity contribution in [2.24, 2.45) is 10.9 Å². The van der Waals surface area contributed by atoms with Gasteiger partial charge in [-0.2, -0.15) is 5.10 Å². The molecule has 2 unspecified atom stereocenters. The van der Waals surface area contributed by atoms with Crippen LogP contribution in [0.4, 0.5) is 0 Å². The van der Waals surface area contributed by atoms with E-state index in [1.54, 1.807) is 0 Å². The van der Waals surface area contributed by atoms with Crippen molar-refractivity contribution >= 4 is 5.96 Å². The Kier molecular flexibility index (Phi) is 7.70. The van der Waals surface area contributed by atoms with Crippen LogP contribution in [-0.4, -0.2) is 35.4 Å². The molecule has 2 aromatic rings. The first-order chi connectivity index (χ1) is 12.5. The normalized spacial score (nSPS) is 14.1. The van der Waals surface area contributed by atoms with E-state index in [1.807, 2.05) is 6.92 Å². The van der Waals surface area contributed by atoms with Crippen molar-refractivity contribution in [3.05, 3.63) is 53.3 Å². The second-order valence-electron chi connectivity index (χ2n) is 7.13. The molecule has 0 radical (unpaired) electrons. The highest BCUT2D eigenvalue weighted by atomic mass is 15.3. The Bertz CT molecular complexity index is 690. The van der Waals surface area contributed by atoms with Gasteiger partial charge in [-0.3, -0.25) is 9.67 Å². The van der Waals surface area contributed by atoms with Crippen LogP contribution < -0.4 is 10.6 Å². The predicted molar refractivity (Wildman–Crippen MR) is 110 cm³/mol. The summed E-state index contributed by atoms with van der Waals surface area (Å²) in [7, 11) is 0. The van der Waals surface area contributed by atoms with Gasteiger partial charge in [0.2, 0.25) is 0 Å². The maximum atomic E-state index is 4.76. The maximum absolute atomic E-state index is 4.76. The molecule has 2 atom stereocenters. The van der Waals surface area contributed by atoms with Crippen molar-refractivity contribution < 1.29 is 0 Å². The molecule has 1 aromatic carbocycles. The summed E-state index contributed by atoms with van der Waals surface area (Å²) in [5.41, 5.74) is 3.62. The van der Waals surface area contributed by atoms with Gasteiger partial charge >= 0.3 is 0 Å². The van der Waals surface area contributed by atoms with Crippen molar-refractivity contribution in [2.45, 2.75) is 47.1 Å². The van der Waals surface area contributed by atoms with Gasteiger partial charge in [0.25, 0.3) is 0 Å². The number of nitrogens with zero attached hydrogens (tertiary/aromatic N) is 3. The fraction of sp³-hybridized carbons (Fsp3) is 0.524. The van der Waals surface area contributed by atoms with E-state index in [0.717, 1.165) is 37.8 Å². The Balaban J connectivity index is 1.88. The zero-order valence-corrected chi connectivity index (χ0v) is 16.8. The van der Waals surface area contributed by atoms with E-state index >= 15 is 0 Å². The minimum absolute atomic E-state index is 0.426. The average molecular weight is 356 g/mol. The molecule has 2 rings (SSSR count). The molecule has 2 N–H and O–H groups in total. The molecule has 0 aliphatic heterocycles. The number of rotatable bonds is 8. The highest BCUT2D eigenvalue weighted by Gasteiger charge is 2.09. The lowest BCUT2D eigenvalue weighted by atomic mass is 10.0. The predicted octanol–water partition coefficient (Wildman–Crippen LogP) is 3.49. The highest BCUT2D eigenvalue weighted by Crippen LogP contribution is 2.13. The van der Waals surface area contributed by atoms with Gasteiger partial charge in [-0.05, 0) is 44.2 Å². The quantitative estimate of drug-likeness (QED) is 0.563. The van der Waals surface area contributed by atoms with Crippen molar-refractivity contribution in [2.75, 3.05) is 19.6 Å². The van der Waals surface area contributed by atoms with Crippen LogP contribution in [0.25, 0.3) is 0 Å². The molecular formula is C21H33N5. The van der Waals surface area contributed by atoms with E-state index < -0.39 is 0 Å². The first-order valence-electron chi connectivity index (χ1n) is 9.57. The van der Waals surface area contributed by atoms with E-state index in [0.29, 0.717) is 11.8 Å². The van der Waals surface area contributed by atoms with Crippen LogP contribution in [0.2, 0.25) is 0 Å². The Morgan fingerprint density at radius 2 is 1.88 bits per heavy atom. The van der Waals surface area contributed by atoms with Crippen LogP contribution in [0, 0.1) is 19.8 Å². The molecule has 5 nitrogen and oxygen atoms in total. The Morgan fingerprint density at radius 1 is 1.15 bits per heavy atom. The van der Waals surface area contributed by atoms with Crippen LogP contribution in [0.15, 0.2) is 41.4 Å². The number of benzene rings is 1. The molecule has 0 spiro atoms. The molecule has 0 saturated carbocycles. The summed E-state index contributed by atoms with van der Waals surface area (Å²) in [4.78, 5) is 4.76. The third-order valence-electron chi connectivity index (χ3n) is 4.44. The minimum Gasteiger partial charge on any atom is -0.357 e. The van der Waals surface area contributed by atoms with Gasteiger partial charge in [0.15, 0.2) is 5.96 Å². The topological polar surface area (TPSA) is 54.2 Å². The van der Waals surface area contributed by atoms with Crippen molar-refractivity contribution in [3.63, 3.8) is 0 Å². The highest BCUT2D eigenvalue weighted by molar-refractivity contribution is 5.79. The molecule has 0 amide bonds. The van der Waals surface area contributed by atoms with Gasteiger partial charge < -0.3 is 10.6 Å². The molecule has 26 heavy (non-hydrogen) atoms. The molecule has 0 saturated heterocycles. The number of nitrogens with one attached hydrogen (secondary N) is 2. The summed E-state index contributed by atoms with van der Waals surface area (Å²) in [6.07, 6.45) is 0. The van der Waals surface area contributed by atoms with Crippen molar-refractivity contribution in [3.8, 4) is 0 Å². The largest absolute Gasteiger partial charge is 0.357 e. The summed E-state index contributed by atoms with van der Waals surface area (Å²) in [6.45, 7) is 14.1. The molecule has 5 heteroatoms. The van der Waals surface area contributed by atoms with Gasteiger partial charge in [-0.25, -0.2) is 0 Å². The number of hydrogen-bond acceptors (Lipinski definition) is 2. The van der Waals surface area contributed by atoms with Crippen molar-refractivity contribution in [1.82, 2.24) is 20.4 Å². The lowest BCUT2D eigenvalue weighted by Gasteiger charge is -2.17. The number of aliphatic imine (C=N–C) groups is 1. The molecule has 0 aliphatic carbocycles. The Hall–Kier alpha value is -2.30. The smallest absolute Gasteiger partial charge is 0.191 e. The monoisotopic (exact) mass is 355 g/mol. The summed E-state index contributed by atoms with van der Waals surface area (Å²) in [6, 6.07) is 12.7. The second-order valence-corrected chi connectivity index (χ2v) is 7.13. The Morgan fingerprint density at radius 3 is 2.50 bits per heavy atom. The zero-order valence-electron chi connectivity index (χ0n) is 16.8. The molecule has 0 fully saturated rings. The molecule has 142 valence electrons. The fourth-order valence-electron chi connectivity index (χ4n) is 2.95. The summed E-state index contributed by atoms with van der Waals surface area (Å²) < 4.78 is 2.08. The summed E-state index contributed by atoms with van der Waals surface area (Å²) >= 11 is 0. The van der Waals surface area contributed by atoms with Gasteiger partial charge in [-0.1, -0.05) is 44.2 Å². The SMILES string of the molecule is CCNC(=NCC(C)Cn1nc(C)cc1C)NCC(C)c1ccccc1. The summed E-state index contributed by atoms with van der Waals surface area (Å²) in [5.74, 6) is 1.75. The summed E-state index contributed by atoms with van der Waals surface area (Å²) in [5, 5.41) is 11.4. The molecule has 1 heterocycles. The standard InChI is InChI=1S/C21H33N5/c1-6-22-21(24-14-17(3)20-10-8-7-9-11-20)23-13-16(2)15-26-19(5)12-18(4)25-26/h7-12,16-17H,6,13-15H2,1-5H3,(H2,22,23,24). The minimum atomic E-state index is 0.426. The fourth-order valence-corrected chi connectivity index (χ4v) is 2.95. The number of hydrogen-bond donors (Lipinski definition) is 2. The van der Waals surface area contributed by atoms with Gasteiger partial charge in [-0.15, -0.1) is 0 Å². The van der Waals surface area contributed by atoms with Crippen LogP contribution in [-0.2, 0) is 6.54 Å². The lowest BCUT2D eigenvalue weighted by molar-refractivity contribution is 0.449. The van der Waals surface area contributed by atoms with Crippen LogP contribution >= 0.6 is 0 Å². The Labute approximate surface area is 157 Å². The number of guanidine groups is 1.